The molecule has 0 amide bonds. The highest BCUT2D eigenvalue weighted by Gasteiger charge is 2.13. The van der Waals surface area contributed by atoms with Gasteiger partial charge in [-0.2, -0.15) is 5.10 Å². The predicted molar refractivity (Wildman–Crippen MR) is 67.3 cm³/mol. The largest absolute Gasteiger partial charge is 0.485 e. The van der Waals surface area contributed by atoms with Crippen LogP contribution in [-0.4, -0.2) is 20.9 Å². The van der Waals surface area contributed by atoms with Gasteiger partial charge >= 0.3 is 5.97 Å². The molecule has 2 aromatic heterocycles. The average molecular weight is 264 g/mol. The minimum atomic E-state index is -1.08. The van der Waals surface area contributed by atoms with Crippen LogP contribution in [0.25, 0.3) is 0 Å². The average Bonchev–Trinajstić information content (AvgIpc) is 2.93. The van der Waals surface area contributed by atoms with Gasteiger partial charge in [-0.1, -0.05) is 0 Å². The highest BCUT2D eigenvalue weighted by atomic mass is 16.5. The highest BCUT2D eigenvalue weighted by molar-refractivity contribution is 5.84. The molecule has 0 spiro atoms. The molecule has 2 aromatic rings. The van der Waals surface area contributed by atoms with Gasteiger partial charge in [0, 0.05) is 11.6 Å². The Morgan fingerprint density at radius 1 is 1.58 bits per heavy atom. The molecule has 0 unspecified atom stereocenters. The third-order valence-corrected chi connectivity index (χ3v) is 2.73. The maximum absolute atomic E-state index is 10.8. The number of carboxylic acid groups (broad SMARTS) is 1. The third kappa shape index (κ3) is 2.96. The summed E-state index contributed by atoms with van der Waals surface area (Å²) in [5.74, 6) is 0.0378. The lowest BCUT2D eigenvalue weighted by atomic mass is 10.2. The van der Waals surface area contributed by atoms with Crippen molar-refractivity contribution < 1.29 is 19.1 Å². The van der Waals surface area contributed by atoms with E-state index in [9.17, 15) is 4.79 Å². The maximum Gasteiger partial charge on any atom is 0.371 e. The molecular formula is C13H16N2O4. The molecule has 0 aliphatic rings. The van der Waals surface area contributed by atoms with E-state index in [0.29, 0.717) is 11.5 Å². The standard InChI is InChI=1S/C13H16N2O4/c1-8(2)15-6-11(5-14-15)18-7-10-4-12(13(16)17)19-9(10)3/h4-6,8H,7H2,1-3H3,(H,16,17). The Balaban J connectivity index is 2.03. The van der Waals surface area contributed by atoms with E-state index in [4.69, 9.17) is 14.3 Å². The molecule has 0 aromatic carbocycles. The summed E-state index contributed by atoms with van der Waals surface area (Å²) in [6.45, 7) is 6.02. The summed E-state index contributed by atoms with van der Waals surface area (Å²) in [7, 11) is 0. The van der Waals surface area contributed by atoms with E-state index in [2.05, 4.69) is 5.10 Å². The number of rotatable bonds is 5. The molecule has 0 aliphatic heterocycles. The van der Waals surface area contributed by atoms with Crippen LogP contribution in [0.1, 0.15) is 41.8 Å². The van der Waals surface area contributed by atoms with Gasteiger partial charge in [0.05, 0.1) is 12.4 Å². The molecule has 6 heteroatoms. The fourth-order valence-corrected chi connectivity index (χ4v) is 1.61. The minimum Gasteiger partial charge on any atom is -0.485 e. The fourth-order valence-electron chi connectivity index (χ4n) is 1.61. The number of aromatic carboxylic acids is 1. The smallest absolute Gasteiger partial charge is 0.371 e. The van der Waals surface area contributed by atoms with Crippen LogP contribution in [0.3, 0.4) is 0 Å². The first kappa shape index (κ1) is 13.2. The first-order chi connectivity index (χ1) is 8.97. The van der Waals surface area contributed by atoms with Crippen molar-refractivity contribution >= 4 is 5.97 Å². The second-order valence-electron chi connectivity index (χ2n) is 4.54. The number of carbonyl (C=O) groups is 1. The molecule has 0 saturated heterocycles. The second-order valence-corrected chi connectivity index (χ2v) is 4.54. The zero-order valence-corrected chi connectivity index (χ0v) is 11.1. The molecule has 0 bridgehead atoms. The van der Waals surface area contributed by atoms with E-state index in [1.165, 1.54) is 6.07 Å². The fraction of sp³-hybridized carbons (Fsp3) is 0.385. The number of ether oxygens (including phenoxy) is 1. The Kier molecular flexibility index (Phi) is 3.59. The summed E-state index contributed by atoms with van der Waals surface area (Å²) in [5, 5.41) is 13.0. The van der Waals surface area contributed by atoms with Crippen molar-refractivity contribution in [3.05, 3.63) is 35.5 Å². The maximum atomic E-state index is 10.8. The molecule has 2 rings (SSSR count). The van der Waals surface area contributed by atoms with Gasteiger partial charge in [-0.05, 0) is 26.8 Å². The van der Waals surface area contributed by atoms with Crippen molar-refractivity contribution in [1.82, 2.24) is 9.78 Å². The quantitative estimate of drug-likeness (QED) is 0.898. The van der Waals surface area contributed by atoms with Crippen LogP contribution in [-0.2, 0) is 6.61 Å². The molecule has 0 saturated carbocycles. The van der Waals surface area contributed by atoms with Crippen molar-refractivity contribution in [2.45, 2.75) is 33.4 Å². The Morgan fingerprint density at radius 3 is 2.84 bits per heavy atom. The van der Waals surface area contributed by atoms with Gasteiger partial charge in [-0.25, -0.2) is 4.79 Å². The topological polar surface area (TPSA) is 77.5 Å². The minimum absolute atomic E-state index is 0.0750. The Hall–Kier alpha value is -2.24. The van der Waals surface area contributed by atoms with Crippen molar-refractivity contribution in [2.75, 3.05) is 0 Å². The Labute approximate surface area is 110 Å². The summed E-state index contributed by atoms with van der Waals surface area (Å²) in [6.07, 6.45) is 3.44. The van der Waals surface area contributed by atoms with E-state index in [1.54, 1.807) is 24.0 Å². The molecule has 0 atom stereocenters. The van der Waals surface area contributed by atoms with Crippen LogP contribution in [0.2, 0.25) is 0 Å². The summed E-state index contributed by atoms with van der Waals surface area (Å²) < 4.78 is 12.5. The number of carboxylic acids is 1. The number of furan rings is 1. The van der Waals surface area contributed by atoms with Crippen LogP contribution in [0.4, 0.5) is 0 Å². The number of hydrogen-bond acceptors (Lipinski definition) is 4. The normalized spacial score (nSPS) is 10.9. The van der Waals surface area contributed by atoms with E-state index in [-0.39, 0.29) is 18.4 Å². The van der Waals surface area contributed by atoms with Gasteiger partial charge in [0.1, 0.15) is 12.4 Å². The van der Waals surface area contributed by atoms with Crippen LogP contribution in [0, 0.1) is 6.92 Å². The number of aromatic nitrogens is 2. The molecular weight excluding hydrogens is 248 g/mol. The molecule has 19 heavy (non-hydrogen) atoms. The zero-order valence-electron chi connectivity index (χ0n) is 11.1. The molecule has 2 heterocycles. The highest BCUT2D eigenvalue weighted by Crippen LogP contribution is 2.18. The lowest BCUT2D eigenvalue weighted by Crippen LogP contribution is -2.00. The van der Waals surface area contributed by atoms with Crippen LogP contribution < -0.4 is 4.74 Å². The SMILES string of the molecule is Cc1oc(C(=O)O)cc1COc1cnn(C(C)C)c1. The van der Waals surface area contributed by atoms with E-state index < -0.39 is 5.97 Å². The number of nitrogens with zero attached hydrogens (tertiary/aromatic N) is 2. The summed E-state index contributed by atoms with van der Waals surface area (Å²) in [5.41, 5.74) is 0.717. The second kappa shape index (κ2) is 5.17. The zero-order chi connectivity index (χ0) is 14.0. The monoisotopic (exact) mass is 264 g/mol. The van der Waals surface area contributed by atoms with Crippen molar-refractivity contribution in [3.8, 4) is 5.75 Å². The Morgan fingerprint density at radius 2 is 2.32 bits per heavy atom. The summed E-state index contributed by atoms with van der Waals surface area (Å²) in [6, 6.07) is 1.75. The lowest BCUT2D eigenvalue weighted by Gasteiger charge is -2.04. The van der Waals surface area contributed by atoms with Gasteiger partial charge in [0.25, 0.3) is 0 Å². The third-order valence-electron chi connectivity index (χ3n) is 2.73. The van der Waals surface area contributed by atoms with Crippen molar-refractivity contribution in [3.63, 3.8) is 0 Å². The van der Waals surface area contributed by atoms with Gasteiger partial charge in [-0.3, -0.25) is 4.68 Å². The summed E-state index contributed by atoms with van der Waals surface area (Å²) >= 11 is 0. The van der Waals surface area contributed by atoms with Gasteiger partial charge < -0.3 is 14.3 Å². The van der Waals surface area contributed by atoms with Gasteiger partial charge in [-0.15, -0.1) is 0 Å². The van der Waals surface area contributed by atoms with Crippen molar-refractivity contribution in [1.29, 1.82) is 0 Å². The Bertz CT molecular complexity index is 583. The molecule has 0 radical (unpaired) electrons. The number of aryl methyl sites for hydroxylation is 1. The summed E-state index contributed by atoms with van der Waals surface area (Å²) in [4.78, 5) is 10.8. The molecule has 0 aliphatic carbocycles. The lowest BCUT2D eigenvalue weighted by molar-refractivity contribution is 0.0661. The van der Waals surface area contributed by atoms with Crippen LogP contribution in [0.5, 0.6) is 5.75 Å². The predicted octanol–water partition coefficient (Wildman–Crippen LogP) is 2.64. The van der Waals surface area contributed by atoms with E-state index in [0.717, 1.165) is 5.56 Å². The first-order valence-electron chi connectivity index (χ1n) is 5.97. The van der Waals surface area contributed by atoms with Gasteiger partial charge in [0.2, 0.25) is 5.76 Å². The van der Waals surface area contributed by atoms with Crippen LogP contribution >= 0.6 is 0 Å². The van der Waals surface area contributed by atoms with E-state index in [1.807, 2.05) is 13.8 Å². The molecule has 102 valence electrons. The first-order valence-corrected chi connectivity index (χ1v) is 5.97. The van der Waals surface area contributed by atoms with Crippen molar-refractivity contribution in [2.24, 2.45) is 0 Å². The van der Waals surface area contributed by atoms with Crippen LogP contribution in [0.15, 0.2) is 22.9 Å². The van der Waals surface area contributed by atoms with E-state index >= 15 is 0 Å². The number of hydrogen-bond donors (Lipinski definition) is 1. The van der Waals surface area contributed by atoms with Gasteiger partial charge in [0.15, 0.2) is 5.75 Å². The molecule has 1 N–H and O–H groups in total. The molecule has 0 fully saturated rings. The molecule has 6 nitrogen and oxygen atoms in total.